The SMILES string of the molecule is CC(NC(=O)C1CCN(C(=O)c2ccc(F)cc2F)CC1)C(=O)O. The minimum Gasteiger partial charge on any atom is -0.480 e. The Balaban J connectivity index is 1.93. The van der Waals surface area contributed by atoms with Crippen LogP contribution in [0.1, 0.15) is 30.1 Å². The number of benzene rings is 1. The Bertz CT molecular complexity index is 657. The van der Waals surface area contributed by atoms with Crippen molar-refractivity contribution < 1.29 is 28.3 Å². The molecule has 1 atom stereocenters. The first kappa shape index (κ1) is 17.8. The largest absolute Gasteiger partial charge is 0.480 e. The molecule has 1 aromatic rings. The van der Waals surface area contributed by atoms with Crippen LogP contribution in [0, 0.1) is 17.6 Å². The topological polar surface area (TPSA) is 86.7 Å². The van der Waals surface area contributed by atoms with Crippen LogP contribution in [0.2, 0.25) is 0 Å². The molecule has 1 unspecified atom stereocenters. The summed E-state index contributed by atoms with van der Waals surface area (Å²) in [6.07, 6.45) is 0.708. The van der Waals surface area contributed by atoms with Gasteiger partial charge in [0.2, 0.25) is 5.91 Å². The zero-order valence-electron chi connectivity index (χ0n) is 13.1. The van der Waals surface area contributed by atoms with Crippen molar-refractivity contribution in [1.82, 2.24) is 10.2 Å². The maximum Gasteiger partial charge on any atom is 0.325 e. The average Bonchev–Trinajstić information content (AvgIpc) is 2.54. The Hall–Kier alpha value is -2.51. The molecule has 1 saturated heterocycles. The lowest BCUT2D eigenvalue weighted by atomic mass is 9.95. The quantitative estimate of drug-likeness (QED) is 0.868. The molecule has 1 fully saturated rings. The maximum atomic E-state index is 13.7. The third-order valence-corrected chi connectivity index (χ3v) is 4.04. The first-order chi connectivity index (χ1) is 11.3. The summed E-state index contributed by atoms with van der Waals surface area (Å²) in [6.45, 7) is 1.86. The number of hydrogen-bond donors (Lipinski definition) is 2. The molecule has 0 aromatic heterocycles. The van der Waals surface area contributed by atoms with Crippen LogP contribution in [0.15, 0.2) is 18.2 Å². The van der Waals surface area contributed by atoms with E-state index < -0.39 is 35.5 Å². The zero-order valence-corrected chi connectivity index (χ0v) is 13.1. The number of aliphatic carboxylic acids is 1. The molecule has 0 saturated carbocycles. The van der Waals surface area contributed by atoms with Crippen LogP contribution in [0.25, 0.3) is 0 Å². The van der Waals surface area contributed by atoms with Gasteiger partial charge in [-0.05, 0) is 31.9 Å². The number of likely N-dealkylation sites (tertiary alicyclic amines) is 1. The number of amides is 2. The van der Waals surface area contributed by atoms with Crippen molar-refractivity contribution in [3.05, 3.63) is 35.4 Å². The van der Waals surface area contributed by atoms with Gasteiger partial charge in [-0.3, -0.25) is 14.4 Å². The molecule has 6 nitrogen and oxygen atoms in total. The first-order valence-electron chi connectivity index (χ1n) is 7.57. The summed E-state index contributed by atoms with van der Waals surface area (Å²) in [6, 6.07) is 1.79. The van der Waals surface area contributed by atoms with Crippen molar-refractivity contribution in [2.45, 2.75) is 25.8 Å². The molecule has 8 heteroatoms. The highest BCUT2D eigenvalue weighted by Gasteiger charge is 2.30. The molecule has 2 rings (SSSR count). The summed E-state index contributed by atoms with van der Waals surface area (Å²) in [5.41, 5.74) is -0.209. The molecule has 1 aliphatic rings. The summed E-state index contributed by atoms with van der Waals surface area (Å²) in [7, 11) is 0. The molecule has 24 heavy (non-hydrogen) atoms. The van der Waals surface area contributed by atoms with Gasteiger partial charge in [0.05, 0.1) is 5.56 Å². The van der Waals surface area contributed by atoms with Crippen molar-refractivity contribution in [2.24, 2.45) is 5.92 Å². The third kappa shape index (κ3) is 4.06. The fourth-order valence-electron chi connectivity index (χ4n) is 2.57. The van der Waals surface area contributed by atoms with Crippen LogP contribution in [-0.4, -0.2) is 46.9 Å². The summed E-state index contributed by atoms with van der Waals surface area (Å²) in [4.78, 5) is 36.4. The van der Waals surface area contributed by atoms with Crippen LogP contribution < -0.4 is 5.32 Å². The number of halogens is 2. The lowest BCUT2D eigenvalue weighted by Gasteiger charge is -2.31. The van der Waals surface area contributed by atoms with Crippen LogP contribution in [0.3, 0.4) is 0 Å². The smallest absolute Gasteiger partial charge is 0.325 e. The molecule has 1 heterocycles. The van der Waals surface area contributed by atoms with Crippen molar-refractivity contribution in [2.75, 3.05) is 13.1 Å². The molecule has 0 aliphatic carbocycles. The van der Waals surface area contributed by atoms with E-state index in [9.17, 15) is 23.2 Å². The molecule has 0 bridgehead atoms. The van der Waals surface area contributed by atoms with Gasteiger partial charge in [0.25, 0.3) is 5.91 Å². The number of piperidine rings is 1. The Labute approximate surface area is 137 Å². The van der Waals surface area contributed by atoms with E-state index in [0.717, 1.165) is 12.1 Å². The van der Waals surface area contributed by atoms with Crippen molar-refractivity contribution >= 4 is 17.8 Å². The highest BCUT2D eigenvalue weighted by Crippen LogP contribution is 2.21. The van der Waals surface area contributed by atoms with Gasteiger partial charge in [-0.25, -0.2) is 8.78 Å². The molecule has 2 amide bonds. The van der Waals surface area contributed by atoms with Gasteiger partial charge in [0, 0.05) is 25.1 Å². The van der Waals surface area contributed by atoms with E-state index in [1.165, 1.54) is 11.8 Å². The zero-order chi connectivity index (χ0) is 17.9. The summed E-state index contributed by atoms with van der Waals surface area (Å²) >= 11 is 0. The molecular weight excluding hydrogens is 322 g/mol. The van der Waals surface area contributed by atoms with Crippen molar-refractivity contribution in [3.63, 3.8) is 0 Å². The summed E-state index contributed by atoms with van der Waals surface area (Å²) in [5, 5.41) is 11.2. The highest BCUT2D eigenvalue weighted by molar-refractivity contribution is 5.94. The van der Waals surface area contributed by atoms with Crippen molar-refractivity contribution in [1.29, 1.82) is 0 Å². The summed E-state index contributed by atoms with van der Waals surface area (Å²) < 4.78 is 26.6. The molecule has 0 spiro atoms. The van der Waals surface area contributed by atoms with Gasteiger partial charge in [-0.2, -0.15) is 0 Å². The Kier molecular flexibility index (Phi) is 5.48. The molecule has 1 aliphatic heterocycles. The second-order valence-electron chi connectivity index (χ2n) is 5.76. The van der Waals surface area contributed by atoms with E-state index in [1.807, 2.05) is 0 Å². The second kappa shape index (κ2) is 7.37. The Morgan fingerprint density at radius 1 is 1.25 bits per heavy atom. The van der Waals surface area contributed by atoms with Gasteiger partial charge >= 0.3 is 5.97 Å². The minimum atomic E-state index is -1.12. The van der Waals surface area contributed by atoms with Crippen LogP contribution in [0.4, 0.5) is 8.78 Å². The van der Waals surface area contributed by atoms with Gasteiger partial charge in [0.1, 0.15) is 17.7 Å². The first-order valence-corrected chi connectivity index (χ1v) is 7.57. The maximum absolute atomic E-state index is 13.7. The number of rotatable bonds is 4. The van der Waals surface area contributed by atoms with E-state index in [4.69, 9.17) is 5.11 Å². The monoisotopic (exact) mass is 340 g/mol. The number of carboxylic acid groups (broad SMARTS) is 1. The molecular formula is C16H18F2N2O4. The van der Waals surface area contributed by atoms with E-state index >= 15 is 0 Å². The normalized spacial score (nSPS) is 16.5. The molecule has 2 N–H and O–H groups in total. The number of carbonyl (C=O) groups is 3. The van der Waals surface area contributed by atoms with Crippen molar-refractivity contribution in [3.8, 4) is 0 Å². The molecule has 0 radical (unpaired) electrons. The fraction of sp³-hybridized carbons (Fsp3) is 0.438. The minimum absolute atomic E-state index is 0.209. The fourth-order valence-corrected chi connectivity index (χ4v) is 2.57. The Morgan fingerprint density at radius 2 is 1.88 bits per heavy atom. The predicted octanol–water partition coefficient (Wildman–Crippen LogP) is 1.41. The lowest BCUT2D eigenvalue weighted by molar-refractivity contribution is -0.142. The van der Waals surface area contributed by atoms with Crippen LogP contribution in [0.5, 0.6) is 0 Å². The van der Waals surface area contributed by atoms with E-state index in [0.29, 0.717) is 18.9 Å². The number of nitrogens with one attached hydrogen (secondary N) is 1. The van der Waals surface area contributed by atoms with Gasteiger partial charge in [0.15, 0.2) is 0 Å². The van der Waals surface area contributed by atoms with Gasteiger partial charge < -0.3 is 15.3 Å². The number of nitrogens with zero attached hydrogens (tertiary/aromatic N) is 1. The van der Waals surface area contributed by atoms with Crippen LogP contribution in [-0.2, 0) is 9.59 Å². The van der Waals surface area contributed by atoms with E-state index in [-0.39, 0.29) is 24.6 Å². The van der Waals surface area contributed by atoms with Gasteiger partial charge in [-0.1, -0.05) is 0 Å². The molecule has 130 valence electrons. The number of carbonyl (C=O) groups excluding carboxylic acids is 2. The average molecular weight is 340 g/mol. The standard InChI is InChI=1S/C16H18F2N2O4/c1-9(16(23)24)19-14(21)10-4-6-20(7-5-10)15(22)12-3-2-11(17)8-13(12)18/h2-3,8-10H,4-7H2,1H3,(H,19,21)(H,23,24). The molecule has 1 aromatic carbocycles. The number of carboxylic acids is 1. The van der Waals surface area contributed by atoms with Crippen LogP contribution >= 0.6 is 0 Å². The van der Waals surface area contributed by atoms with E-state index in [1.54, 1.807) is 0 Å². The highest BCUT2D eigenvalue weighted by atomic mass is 19.1. The third-order valence-electron chi connectivity index (χ3n) is 4.04. The van der Waals surface area contributed by atoms with E-state index in [2.05, 4.69) is 5.32 Å². The second-order valence-corrected chi connectivity index (χ2v) is 5.76. The Morgan fingerprint density at radius 3 is 2.42 bits per heavy atom. The van der Waals surface area contributed by atoms with Gasteiger partial charge in [-0.15, -0.1) is 0 Å². The predicted molar refractivity (Wildman–Crippen MR) is 80.2 cm³/mol. The summed E-state index contributed by atoms with van der Waals surface area (Å²) in [5.74, 6) is -4.12. The number of hydrogen-bond acceptors (Lipinski definition) is 3. The lowest BCUT2D eigenvalue weighted by Crippen LogP contribution is -2.46.